The van der Waals surface area contributed by atoms with E-state index in [0.717, 1.165) is 5.69 Å². The zero-order valence-corrected chi connectivity index (χ0v) is 9.18. The molecular weight excluding hydrogens is 210 g/mol. The first-order chi connectivity index (χ1) is 7.49. The van der Waals surface area contributed by atoms with Gasteiger partial charge in [-0.05, 0) is 19.9 Å². The number of aryl methyl sites for hydroxylation is 3. The minimum absolute atomic E-state index is 0.131. The van der Waals surface area contributed by atoms with Crippen LogP contribution in [0.5, 0.6) is 0 Å². The molecule has 6 nitrogen and oxygen atoms in total. The first-order valence-electron chi connectivity index (χ1n) is 4.70. The number of hydrogen-bond acceptors (Lipinski definition) is 4. The molecule has 0 unspecified atom stereocenters. The van der Waals surface area contributed by atoms with Crippen molar-refractivity contribution in [3.8, 4) is 11.6 Å². The number of nitrogens with zero attached hydrogens (tertiary/aromatic N) is 3. The van der Waals surface area contributed by atoms with Crippen molar-refractivity contribution in [2.75, 3.05) is 0 Å². The second-order valence-electron chi connectivity index (χ2n) is 3.53. The summed E-state index contributed by atoms with van der Waals surface area (Å²) >= 11 is 0. The summed E-state index contributed by atoms with van der Waals surface area (Å²) in [6.07, 6.45) is 0. The van der Waals surface area contributed by atoms with Gasteiger partial charge in [-0.25, -0.2) is 9.78 Å². The molecule has 0 bridgehead atoms. The Kier molecular flexibility index (Phi) is 2.26. The quantitative estimate of drug-likeness (QED) is 0.828. The maximum atomic E-state index is 10.8. The van der Waals surface area contributed by atoms with E-state index in [1.165, 1.54) is 0 Å². The van der Waals surface area contributed by atoms with Crippen molar-refractivity contribution in [1.29, 1.82) is 0 Å². The van der Waals surface area contributed by atoms with Gasteiger partial charge in [0, 0.05) is 7.05 Å². The SMILES string of the molecule is Cc1cc(-c2nc(C)c(C(=O)O)o2)n(C)n1. The lowest BCUT2D eigenvalue weighted by atomic mass is 10.3. The molecule has 0 aromatic carbocycles. The number of hydrogen-bond donors (Lipinski definition) is 1. The monoisotopic (exact) mass is 221 g/mol. The molecule has 0 saturated heterocycles. The Hall–Kier alpha value is -2.11. The first kappa shape index (κ1) is 10.4. The Bertz CT molecular complexity index is 554. The molecule has 6 heteroatoms. The lowest BCUT2D eigenvalue weighted by Gasteiger charge is -1.94. The molecule has 1 N–H and O–H groups in total. The van der Waals surface area contributed by atoms with Gasteiger partial charge in [0.05, 0.1) is 11.4 Å². The van der Waals surface area contributed by atoms with Crippen LogP contribution in [0.2, 0.25) is 0 Å². The predicted molar refractivity (Wildman–Crippen MR) is 55.1 cm³/mol. The maximum absolute atomic E-state index is 10.8. The van der Waals surface area contributed by atoms with E-state index in [0.29, 0.717) is 11.4 Å². The van der Waals surface area contributed by atoms with Gasteiger partial charge in [-0.1, -0.05) is 0 Å². The molecule has 0 aliphatic rings. The summed E-state index contributed by atoms with van der Waals surface area (Å²) in [7, 11) is 1.75. The third kappa shape index (κ3) is 1.58. The normalized spacial score (nSPS) is 10.7. The fourth-order valence-electron chi connectivity index (χ4n) is 1.52. The van der Waals surface area contributed by atoms with Crippen LogP contribution >= 0.6 is 0 Å². The Labute approximate surface area is 91.5 Å². The fraction of sp³-hybridized carbons (Fsp3) is 0.300. The number of aromatic nitrogens is 3. The summed E-state index contributed by atoms with van der Waals surface area (Å²) in [5.74, 6) is -0.970. The van der Waals surface area contributed by atoms with Crippen LogP contribution in [-0.4, -0.2) is 25.8 Å². The molecule has 0 saturated carbocycles. The van der Waals surface area contributed by atoms with E-state index < -0.39 is 5.97 Å². The second-order valence-corrected chi connectivity index (χ2v) is 3.53. The van der Waals surface area contributed by atoms with Crippen LogP contribution in [0, 0.1) is 13.8 Å². The van der Waals surface area contributed by atoms with Crippen molar-refractivity contribution in [3.63, 3.8) is 0 Å². The largest absolute Gasteiger partial charge is 0.475 e. The topological polar surface area (TPSA) is 81.1 Å². The summed E-state index contributed by atoms with van der Waals surface area (Å²) < 4.78 is 6.79. The van der Waals surface area contributed by atoms with Crippen LogP contribution < -0.4 is 0 Å². The highest BCUT2D eigenvalue weighted by atomic mass is 16.4. The summed E-state index contributed by atoms with van der Waals surface area (Å²) in [4.78, 5) is 14.9. The van der Waals surface area contributed by atoms with Gasteiger partial charge >= 0.3 is 5.97 Å². The van der Waals surface area contributed by atoms with Gasteiger partial charge < -0.3 is 9.52 Å². The number of oxazole rings is 1. The van der Waals surface area contributed by atoms with Gasteiger partial charge in [-0.15, -0.1) is 0 Å². The number of carboxylic acids is 1. The van der Waals surface area contributed by atoms with Crippen LogP contribution in [0.3, 0.4) is 0 Å². The number of carbonyl (C=O) groups is 1. The molecule has 0 fully saturated rings. The average molecular weight is 221 g/mol. The highest BCUT2D eigenvalue weighted by Crippen LogP contribution is 2.21. The summed E-state index contributed by atoms with van der Waals surface area (Å²) in [6, 6.07) is 1.79. The molecule has 0 amide bonds. The van der Waals surface area contributed by atoms with E-state index in [1.807, 2.05) is 6.92 Å². The minimum atomic E-state index is -1.12. The molecule has 0 radical (unpaired) electrons. The number of rotatable bonds is 2. The Morgan fingerprint density at radius 2 is 2.19 bits per heavy atom. The summed E-state index contributed by atoms with van der Waals surface area (Å²) in [5, 5.41) is 13.0. The van der Waals surface area contributed by atoms with E-state index in [4.69, 9.17) is 9.52 Å². The third-order valence-electron chi connectivity index (χ3n) is 2.21. The van der Waals surface area contributed by atoms with Gasteiger partial charge in [0.1, 0.15) is 5.69 Å². The maximum Gasteiger partial charge on any atom is 0.373 e. The van der Waals surface area contributed by atoms with Crippen molar-refractivity contribution in [2.45, 2.75) is 13.8 Å². The van der Waals surface area contributed by atoms with E-state index >= 15 is 0 Å². The molecule has 2 rings (SSSR count). The highest BCUT2D eigenvalue weighted by Gasteiger charge is 2.19. The van der Waals surface area contributed by atoms with E-state index in [9.17, 15) is 4.79 Å². The van der Waals surface area contributed by atoms with Gasteiger partial charge in [0.2, 0.25) is 11.7 Å². The van der Waals surface area contributed by atoms with Crippen LogP contribution in [0.25, 0.3) is 11.6 Å². The van der Waals surface area contributed by atoms with Crippen LogP contribution in [0.1, 0.15) is 21.9 Å². The molecular formula is C10H11N3O3. The first-order valence-corrected chi connectivity index (χ1v) is 4.70. The van der Waals surface area contributed by atoms with Crippen LogP contribution in [0.4, 0.5) is 0 Å². The van der Waals surface area contributed by atoms with Crippen LogP contribution in [0.15, 0.2) is 10.5 Å². The molecule has 2 heterocycles. The lowest BCUT2D eigenvalue weighted by molar-refractivity contribution is 0.0662. The Balaban J connectivity index is 2.53. The molecule has 0 aliphatic carbocycles. The van der Waals surface area contributed by atoms with Crippen molar-refractivity contribution in [1.82, 2.24) is 14.8 Å². The Morgan fingerprint density at radius 3 is 2.62 bits per heavy atom. The number of aromatic carboxylic acids is 1. The summed E-state index contributed by atoms with van der Waals surface area (Å²) in [5.41, 5.74) is 1.85. The Morgan fingerprint density at radius 1 is 1.50 bits per heavy atom. The lowest BCUT2D eigenvalue weighted by Crippen LogP contribution is -1.95. The average Bonchev–Trinajstić information content (AvgIpc) is 2.69. The highest BCUT2D eigenvalue weighted by molar-refractivity contribution is 5.86. The van der Waals surface area contributed by atoms with E-state index in [1.54, 1.807) is 24.7 Å². The van der Waals surface area contributed by atoms with Crippen molar-refractivity contribution >= 4 is 5.97 Å². The standard InChI is InChI=1S/C10H11N3O3/c1-5-4-7(13(3)12-5)9-11-6(2)8(16-9)10(14)15/h4H,1-3H3,(H,14,15). The minimum Gasteiger partial charge on any atom is -0.475 e. The van der Waals surface area contributed by atoms with Gasteiger partial charge in [0.15, 0.2) is 0 Å². The van der Waals surface area contributed by atoms with Gasteiger partial charge in [-0.3, -0.25) is 4.68 Å². The molecule has 0 atom stereocenters. The van der Waals surface area contributed by atoms with E-state index in [2.05, 4.69) is 10.1 Å². The van der Waals surface area contributed by atoms with Crippen molar-refractivity contribution in [2.24, 2.45) is 7.05 Å². The van der Waals surface area contributed by atoms with Crippen molar-refractivity contribution < 1.29 is 14.3 Å². The molecule has 0 spiro atoms. The molecule has 0 aliphatic heterocycles. The molecule has 84 valence electrons. The van der Waals surface area contributed by atoms with Gasteiger partial charge in [0.25, 0.3) is 0 Å². The molecule has 2 aromatic rings. The molecule has 2 aromatic heterocycles. The summed E-state index contributed by atoms with van der Waals surface area (Å²) in [6.45, 7) is 3.44. The zero-order chi connectivity index (χ0) is 11.9. The second kappa shape index (κ2) is 3.48. The third-order valence-corrected chi connectivity index (χ3v) is 2.21. The predicted octanol–water partition coefficient (Wildman–Crippen LogP) is 1.39. The smallest absolute Gasteiger partial charge is 0.373 e. The van der Waals surface area contributed by atoms with Crippen molar-refractivity contribution in [3.05, 3.63) is 23.2 Å². The van der Waals surface area contributed by atoms with E-state index in [-0.39, 0.29) is 11.7 Å². The fourth-order valence-corrected chi connectivity index (χ4v) is 1.52. The van der Waals surface area contributed by atoms with Crippen LogP contribution in [-0.2, 0) is 7.05 Å². The molecule has 16 heavy (non-hydrogen) atoms. The zero-order valence-electron chi connectivity index (χ0n) is 9.18. The number of carboxylic acid groups (broad SMARTS) is 1. The van der Waals surface area contributed by atoms with Gasteiger partial charge in [-0.2, -0.15) is 5.10 Å².